The molecular weight excluding hydrogens is 364 g/mol. The van der Waals surface area contributed by atoms with Crippen LogP contribution in [0.25, 0.3) is 16.9 Å². The van der Waals surface area contributed by atoms with E-state index in [0.29, 0.717) is 5.02 Å². The second-order valence-corrected chi connectivity index (χ2v) is 8.00. The third kappa shape index (κ3) is 3.31. The first-order valence-corrected chi connectivity index (χ1v) is 10.2. The van der Waals surface area contributed by atoms with Crippen LogP contribution in [-0.2, 0) is 12.8 Å². The van der Waals surface area contributed by atoms with Gasteiger partial charge >= 0.3 is 0 Å². The second-order valence-electron chi connectivity index (χ2n) is 6.42. The van der Waals surface area contributed by atoms with Crippen LogP contribution in [0.3, 0.4) is 0 Å². The lowest BCUT2D eigenvalue weighted by atomic mass is 10.0. The summed E-state index contributed by atoms with van der Waals surface area (Å²) >= 11 is 7.81. The minimum Gasteiger partial charge on any atom is -0.267 e. The van der Waals surface area contributed by atoms with Gasteiger partial charge in [0, 0.05) is 27.3 Å². The highest BCUT2D eigenvalue weighted by Gasteiger charge is 2.19. The molecule has 0 unspecified atom stereocenters. The van der Waals surface area contributed by atoms with Crippen LogP contribution in [0.2, 0.25) is 5.02 Å². The van der Waals surface area contributed by atoms with Crippen LogP contribution in [0.15, 0.2) is 58.2 Å². The topological polar surface area (TPSA) is 34.9 Å². The Balaban J connectivity index is 1.91. The van der Waals surface area contributed by atoms with E-state index in [9.17, 15) is 4.79 Å². The number of rotatable bonds is 3. The smallest absolute Gasteiger partial charge is 0.267 e. The monoisotopic (exact) mass is 382 g/mol. The largest absolute Gasteiger partial charge is 0.271 e. The van der Waals surface area contributed by atoms with Crippen LogP contribution in [0.5, 0.6) is 0 Å². The maximum Gasteiger partial charge on any atom is 0.271 e. The average Bonchev–Trinajstić information content (AvgIpc) is 2.81. The molecule has 0 aliphatic carbocycles. The zero-order valence-electron chi connectivity index (χ0n) is 14.5. The number of fused-ring (bicyclic) bond motifs is 3. The molecule has 0 saturated heterocycles. The van der Waals surface area contributed by atoms with Gasteiger partial charge in [0.15, 0.2) is 0 Å². The highest BCUT2D eigenvalue weighted by molar-refractivity contribution is 7.99. The van der Waals surface area contributed by atoms with Crippen molar-refractivity contribution in [2.24, 2.45) is 0 Å². The van der Waals surface area contributed by atoms with Gasteiger partial charge in [-0.15, -0.1) is 11.8 Å². The van der Waals surface area contributed by atoms with E-state index in [4.69, 9.17) is 16.7 Å². The molecule has 1 aliphatic rings. The van der Waals surface area contributed by atoms with Crippen molar-refractivity contribution in [3.63, 3.8) is 0 Å². The van der Waals surface area contributed by atoms with Crippen molar-refractivity contribution in [3.8, 4) is 16.9 Å². The fourth-order valence-corrected chi connectivity index (χ4v) is 4.42. The van der Waals surface area contributed by atoms with Gasteiger partial charge in [-0.3, -0.25) is 4.79 Å². The van der Waals surface area contributed by atoms with E-state index in [-0.39, 0.29) is 5.56 Å². The van der Waals surface area contributed by atoms with E-state index in [1.165, 1.54) is 15.1 Å². The SMILES string of the molecule is CCCc1ccc2c(c1)-c1nn(-c3ccc(Cl)cc3)c(=O)cc1CCS2. The number of hydrogen-bond acceptors (Lipinski definition) is 3. The molecule has 5 heteroatoms. The Morgan fingerprint density at radius 1 is 1.15 bits per heavy atom. The lowest BCUT2D eigenvalue weighted by Crippen LogP contribution is -2.22. The van der Waals surface area contributed by atoms with Crippen LogP contribution in [0, 0.1) is 0 Å². The van der Waals surface area contributed by atoms with Crippen LogP contribution in [0.1, 0.15) is 24.5 Å². The number of hydrogen-bond donors (Lipinski definition) is 0. The number of benzene rings is 2. The molecule has 0 radical (unpaired) electrons. The highest BCUT2D eigenvalue weighted by Crippen LogP contribution is 2.37. The van der Waals surface area contributed by atoms with Gasteiger partial charge in [0.25, 0.3) is 5.56 Å². The molecule has 26 heavy (non-hydrogen) atoms. The molecule has 2 aromatic carbocycles. The van der Waals surface area contributed by atoms with Gasteiger partial charge in [-0.1, -0.05) is 31.0 Å². The van der Waals surface area contributed by atoms with E-state index in [1.54, 1.807) is 18.2 Å². The van der Waals surface area contributed by atoms with Gasteiger partial charge in [-0.2, -0.15) is 9.78 Å². The summed E-state index contributed by atoms with van der Waals surface area (Å²) in [6.07, 6.45) is 3.00. The lowest BCUT2D eigenvalue weighted by Gasteiger charge is -2.13. The first kappa shape index (κ1) is 17.4. The molecule has 3 aromatic rings. The van der Waals surface area contributed by atoms with Crippen molar-refractivity contribution in [2.45, 2.75) is 31.1 Å². The minimum atomic E-state index is -0.107. The third-order valence-electron chi connectivity index (χ3n) is 4.55. The maximum atomic E-state index is 12.6. The van der Waals surface area contributed by atoms with Crippen molar-refractivity contribution < 1.29 is 0 Å². The molecule has 0 spiro atoms. The van der Waals surface area contributed by atoms with Crippen molar-refractivity contribution in [3.05, 3.63) is 75.0 Å². The molecule has 1 aliphatic heterocycles. The molecule has 0 fully saturated rings. The van der Waals surface area contributed by atoms with Gasteiger partial charge in [0.05, 0.1) is 11.4 Å². The maximum absolute atomic E-state index is 12.6. The van der Waals surface area contributed by atoms with E-state index in [1.807, 2.05) is 23.9 Å². The molecule has 132 valence electrons. The van der Waals surface area contributed by atoms with Crippen molar-refractivity contribution >= 4 is 23.4 Å². The summed E-state index contributed by atoms with van der Waals surface area (Å²) in [6, 6.07) is 15.6. The summed E-state index contributed by atoms with van der Waals surface area (Å²) in [7, 11) is 0. The van der Waals surface area contributed by atoms with Gasteiger partial charge in [0.2, 0.25) is 0 Å². The predicted molar refractivity (Wildman–Crippen MR) is 109 cm³/mol. The van der Waals surface area contributed by atoms with Crippen LogP contribution >= 0.6 is 23.4 Å². The summed E-state index contributed by atoms with van der Waals surface area (Å²) in [5.74, 6) is 0.958. The molecule has 3 nitrogen and oxygen atoms in total. The lowest BCUT2D eigenvalue weighted by molar-refractivity contribution is 0.800. The quantitative estimate of drug-likeness (QED) is 0.628. The van der Waals surface area contributed by atoms with E-state index < -0.39 is 0 Å². The van der Waals surface area contributed by atoms with E-state index >= 15 is 0 Å². The number of thioether (sulfide) groups is 1. The molecule has 0 N–H and O–H groups in total. The van der Waals surface area contributed by atoms with E-state index in [0.717, 1.165) is 47.5 Å². The Hall–Kier alpha value is -2.04. The summed E-state index contributed by atoms with van der Waals surface area (Å²) in [5.41, 5.74) is 5.01. The third-order valence-corrected chi connectivity index (χ3v) is 5.88. The van der Waals surface area contributed by atoms with Gasteiger partial charge in [-0.25, -0.2) is 0 Å². The van der Waals surface area contributed by atoms with Crippen molar-refractivity contribution in [1.29, 1.82) is 0 Å². The zero-order valence-corrected chi connectivity index (χ0v) is 16.1. The summed E-state index contributed by atoms with van der Waals surface area (Å²) in [6.45, 7) is 2.19. The Labute approximate surface area is 162 Å². The molecule has 0 saturated carbocycles. The molecular formula is C21H19ClN2OS. The van der Waals surface area contributed by atoms with Crippen LogP contribution in [-0.4, -0.2) is 15.5 Å². The zero-order chi connectivity index (χ0) is 18.1. The fraction of sp³-hybridized carbons (Fsp3) is 0.238. The Morgan fingerprint density at radius 3 is 2.73 bits per heavy atom. The Bertz CT molecular complexity index is 1010. The summed E-state index contributed by atoms with van der Waals surface area (Å²) in [5, 5.41) is 5.40. The number of halogens is 1. The normalized spacial score (nSPS) is 13.0. The van der Waals surface area contributed by atoms with Crippen LogP contribution < -0.4 is 5.56 Å². The number of aryl methyl sites for hydroxylation is 2. The number of nitrogens with zero attached hydrogens (tertiary/aromatic N) is 2. The molecule has 2 heterocycles. The summed E-state index contributed by atoms with van der Waals surface area (Å²) in [4.78, 5) is 13.9. The first-order valence-electron chi connectivity index (χ1n) is 8.81. The Kier molecular flexibility index (Phi) is 4.88. The standard InChI is InChI=1S/C21H19ClN2OS/c1-2-3-14-4-9-19-18(12-14)21-15(10-11-26-19)13-20(25)24(23-21)17-7-5-16(22)6-8-17/h4-9,12-13H,2-3,10-11H2,1H3. The Morgan fingerprint density at radius 2 is 1.96 bits per heavy atom. The van der Waals surface area contributed by atoms with Gasteiger partial charge < -0.3 is 0 Å². The molecule has 4 rings (SSSR count). The number of aromatic nitrogens is 2. The molecule has 0 amide bonds. The van der Waals surface area contributed by atoms with E-state index in [2.05, 4.69) is 25.1 Å². The van der Waals surface area contributed by atoms with Crippen molar-refractivity contribution in [2.75, 3.05) is 5.75 Å². The highest BCUT2D eigenvalue weighted by atomic mass is 35.5. The first-order chi connectivity index (χ1) is 12.7. The minimum absolute atomic E-state index is 0.107. The molecule has 0 bridgehead atoms. The fourth-order valence-electron chi connectivity index (χ4n) is 3.28. The second kappa shape index (κ2) is 7.29. The predicted octanol–water partition coefficient (Wildman–Crippen LogP) is 5.15. The van der Waals surface area contributed by atoms with Gasteiger partial charge in [0.1, 0.15) is 0 Å². The van der Waals surface area contributed by atoms with Gasteiger partial charge in [-0.05, 0) is 60.4 Å². The average molecular weight is 383 g/mol. The van der Waals surface area contributed by atoms with Crippen LogP contribution in [0.4, 0.5) is 0 Å². The molecule has 1 aromatic heterocycles. The summed E-state index contributed by atoms with van der Waals surface area (Å²) < 4.78 is 1.47. The van der Waals surface area contributed by atoms with Crippen molar-refractivity contribution in [1.82, 2.24) is 9.78 Å². The molecule has 0 atom stereocenters.